The summed E-state index contributed by atoms with van der Waals surface area (Å²) in [7, 11) is 0. The highest BCUT2D eigenvalue weighted by Gasteiger charge is 2.14. The van der Waals surface area contributed by atoms with Crippen molar-refractivity contribution >= 4 is 11.7 Å². The van der Waals surface area contributed by atoms with E-state index in [2.05, 4.69) is 29.5 Å². The summed E-state index contributed by atoms with van der Waals surface area (Å²) in [5.74, 6) is 0.0454. The molecule has 19 heavy (non-hydrogen) atoms. The summed E-state index contributed by atoms with van der Waals surface area (Å²) in [4.78, 5) is 16.0. The molecule has 1 aromatic heterocycles. The van der Waals surface area contributed by atoms with Crippen LogP contribution in [-0.2, 0) is 0 Å². The van der Waals surface area contributed by atoms with Crippen molar-refractivity contribution in [1.82, 2.24) is 10.3 Å². The lowest BCUT2D eigenvalue weighted by molar-refractivity contribution is 0.0948. The van der Waals surface area contributed by atoms with E-state index in [1.54, 1.807) is 0 Å². The molecule has 1 heterocycles. The molecule has 1 amide bonds. The van der Waals surface area contributed by atoms with E-state index in [1.165, 1.54) is 6.07 Å². The van der Waals surface area contributed by atoms with Gasteiger partial charge < -0.3 is 10.6 Å². The van der Waals surface area contributed by atoms with Gasteiger partial charge in [0.25, 0.3) is 5.91 Å². The molecule has 4 nitrogen and oxygen atoms in total. The highest BCUT2D eigenvalue weighted by molar-refractivity contribution is 5.98. The number of carbonyl (C=O) groups excluding carboxylic acids is 1. The van der Waals surface area contributed by atoms with Gasteiger partial charge >= 0.3 is 0 Å². The lowest BCUT2D eigenvalue weighted by Crippen LogP contribution is -2.29. The molecule has 0 radical (unpaired) electrons. The lowest BCUT2D eigenvalue weighted by atomic mass is 10.1. The second-order valence-corrected chi connectivity index (χ2v) is 4.70. The molecule has 0 saturated carbocycles. The smallest absolute Gasteiger partial charge is 0.255 e. The van der Waals surface area contributed by atoms with Crippen molar-refractivity contribution < 1.29 is 9.18 Å². The van der Waals surface area contributed by atoms with Gasteiger partial charge in [0, 0.05) is 13.1 Å². The standard InChI is InChI=1S/C14H22FN3O/c1-4-6-16-13-12(7-11(15)9-17-13)14(19)18-8-10(3)5-2/h7,9-10H,4-6,8H2,1-3H3,(H,16,17)(H,18,19). The van der Waals surface area contributed by atoms with Gasteiger partial charge in [-0.15, -0.1) is 0 Å². The second kappa shape index (κ2) is 7.71. The fourth-order valence-electron chi connectivity index (χ4n) is 1.50. The third-order valence-electron chi connectivity index (χ3n) is 2.95. The summed E-state index contributed by atoms with van der Waals surface area (Å²) in [6.07, 6.45) is 3.01. The van der Waals surface area contributed by atoms with E-state index in [0.29, 0.717) is 24.8 Å². The summed E-state index contributed by atoms with van der Waals surface area (Å²) < 4.78 is 13.2. The molecule has 5 heteroatoms. The molecule has 0 aliphatic carbocycles. The molecule has 2 N–H and O–H groups in total. The number of pyridine rings is 1. The molecule has 106 valence electrons. The fourth-order valence-corrected chi connectivity index (χ4v) is 1.50. The molecule has 0 spiro atoms. The molecule has 0 saturated heterocycles. The van der Waals surface area contributed by atoms with Gasteiger partial charge in [0.15, 0.2) is 0 Å². The van der Waals surface area contributed by atoms with Crippen molar-refractivity contribution in [3.63, 3.8) is 0 Å². The fraction of sp³-hybridized carbons (Fsp3) is 0.571. The number of hydrogen-bond acceptors (Lipinski definition) is 3. The molecule has 1 rings (SSSR count). The van der Waals surface area contributed by atoms with Gasteiger partial charge in [-0.25, -0.2) is 9.37 Å². The maximum Gasteiger partial charge on any atom is 0.255 e. The van der Waals surface area contributed by atoms with E-state index in [0.717, 1.165) is 19.0 Å². The van der Waals surface area contributed by atoms with E-state index in [4.69, 9.17) is 0 Å². The zero-order chi connectivity index (χ0) is 14.3. The van der Waals surface area contributed by atoms with Crippen LogP contribution in [0.25, 0.3) is 0 Å². The number of carbonyl (C=O) groups is 1. The first-order valence-electron chi connectivity index (χ1n) is 6.76. The molecule has 1 atom stereocenters. The Bertz CT molecular complexity index is 423. The summed E-state index contributed by atoms with van der Waals surface area (Å²) in [6, 6.07) is 1.22. The Kier molecular flexibility index (Phi) is 6.25. The van der Waals surface area contributed by atoms with Crippen molar-refractivity contribution in [1.29, 1.82) is 0 Å². The van der Waals surface area contributed by atoms with Crippen LogP contribution >= 0.6 is 0 Å². The maximum atomic E-state index is 13.2. The zero-order valence-corrected chi connectivity index (χ0v) is 11.8. The van der Waals surface area contributed by atoms with Crippen LogP contribution < -0.4 is 10.6 Å². The van der Waals surface area contributed by atoms with Crippen LogP contribution in [0.1, 0.15) is 44.0 Å². The minimum absolute atomic E-state index is 0.261. The molecule has 0 fully saturated rings. The van der Waals surface area contributed by atoms with Crippen LogP contribution in [0.3, 0.4) is 0 Å². The van der Waals surface area contributed by atoms with Gasteiger partial charge in [0.2, 0.25) is 0 Å². The Balaban J connectivity index is 2.78. The molecule has 0 aliphatic heterocycles. The highest BCUT2D eigenvalue weighted by Crippen LogP contribution is 2.14. The third-order valence-corrected chi connectivity index (χ3v) is 2.95. The Morgan fingerprint density at radius 3 is 2.84 bits per heavy atom. The number of rotatable bonds is 7. The molecular formula is C14H22FN3O. The Labute approximate surface area is 113 Å². The minimum atomic E-state index is -0.504. The molecule has 0 aromatic carbocycles. The summed E-state index contributed by atoms with van der Waals surface area (Å²) in [6.45, 7) is 7.41. The van der Waals surface area contributed by atoms with Crippen molar-refractivity contribution in [2.24, 2.45) is 5.92 Å². The molecule has 0 aliphatic rings. The van der Waals surface area contributed by atoms with E-state index in [-0.39, 0.29) is 11.5 Å². The molecule has 0 bridgehead atoms. The van der Waals surface area contributed by atoms with Crippen LogP contribution in [0.2, 0.25) is 0 Å². The highest BCUT2D eigenvalue weighted by atomic mass is 19.1. The van der Waals surface area contributed by atoms with Gasteiger partial charge in [-0.3, -0.25) is 4.79 Å². The van der Waals surface area contributed by atoms with Gasteiger partial charge in [-0.1, -0.05) is 27.2 Å². The van der Waals surface area contributed by atoms with Gasteiger partial charge in [0.1, 0.15) is 11.6 Å². The molecule has 1 aromatic rings. The van der Waals surface area contributed by atoms with E-state index in [1.807, 2.05) is 6.92 Å². The van der Waals surface area contributed by atoms with Gasteiger partial charge in [-0.2, -0.15) is 0 Å². The minimum Gasteiger partial charge on any atom is -0.369 e. The SMILES string of the molecule is CCCNc1ncc(F)cc1C(=O)NCC(C)CC. The van der Waals surface area contributed by atoms with Crippen LogP contribution in [-0.4, -0.2) is 24.0 Å². The maximum absolute atomic E-state index is 13.2. The number of hydrogen-bond donors (Lipinski definition) is 2. The lowest BCUT2D eigenvalue weighted by Gasteiger charge is -2.13. The van der Waals surface area contributed by atoms with Crippen molar-refractivity contribution in [3.05, 3.63) is 23.6 Å². The van der Waals surface area contributed by atoms with Crippen LogP contribution in [0.5, 0.6) is 0 Å². The zero-order valence-electron chi connectivity index (χ0n) is 11.8. The van der Waals surface area contributed by atoms with Crippen LogP contribution in [0.15, 0.2) is 12.3 Å². The molecular weight excluding hydrogens is 245 g/mol. The Hall–Kier alpha value is -1.65. The predicted molar refractivity (Wildman–Crippen MR) is 74.8 cm³/mol. The van der Waals surface area contributed by atoms with Crippen LogP contribution in [0, 0.1) is 11.7 Å². The van der Waals surface area contributed by atoms with E-state index >= 15 is 0 Å². The second-order valence-electron chi connectivity index (χ2n) is 4.70. The normalized spacial score (nSPS) is 12.0. The number of anilines is 1. The first kappa shape index (κ1) is 15.4. The monoisotopic (exact) mass is 267 g/mol. The quantitative estimate of drug-likeness (QED) is 0.798. The van der Waals surface area contributed by atoms with Gasteiger partial charge in [0.05, 0.1) is 11.8 Å². The average molecular weight is 267 g/mol. The number of amides is 1. The number of halogens is 1. The van der Waals surface area contributed by atoms with Crippen LogP contribution in [0.4, 0.5) is 10.2 Å². The summed E-state index contributed by atoms with van der Waals surface area (Å²) in [5, 5.41) is 5.84. The number of nitrogens with zero attached hydrogens (tertiary/aromatic N) is 1. The largest absolute Gasteiger partial charge is 0.369 e. The summed E-state index contributed by atoms with van der Waals surface area (Å²) in [5.41, 5.74) is 0.261. The van der Waals surface area contributed by atoms with E-state index in [9.17, 15) is 9.18 Å². The van der Waals surface area contributed by atoms with E-state index < -0.39 is 5.82 Å². The first-order chi connectivity index (χ1) is 9.08. The average Bonchev–Trinajstić information content (AvgIpc) is 2.42. The summed E-state index contributed by atoms with van der Waals surface area (Å²) >= 11 is 0. The predicted octanol–water partition coefficient (Wildman–Crippen LogP) is 2.82. The Morgan fingerprint density at radius 1 is 1.47 bits per heavy atom. The topological polar surface area (TPSA) is 54.0 Å². The van der Waals surface area contributed by atoms with Crippen molar-refractivity contribution in [3.8, 4) is 0 Å². The molecule has 1 unspecified atom stereocenters. The number of aromatic nitrogens is 1. The Morgan fingerprint density at radius 2 is 2.21 bits per heavy atom. The number of nitrogens with one attached hydrogen (secondary N) is 2. The third kappa shape index (κ3) is 4.85. The van der Waals surface area contributed by atoms with Crippen molar-refractivity contribution in [2.75, 3.05) is 18.4 Å². The van der Waals surface area contributed by atoms with Crippen molar-refractivity contribution in [2.45, 2.75) is 33.6 Å². The first-order valence-corrected chi connectivity index (χ1v) is 6.76. The van der Waals surface area contributed by atoms with Gasteiger partial charge in [-0.05, 0) is 18.4 Å².